The van der Waals surface area contributed by atoms with Gasteiger partial charge in [0.2, 0.25) is 0 Å². The number of fused-ring (bicyclic) bond motifs is 6. The van der Waals surface area contributed by atoms with Crippen molar-refractivity contribution in [3.8, 4) is 23.0 Å². The number of carbonyl (C=O) groups is 3. The van der Waals surface area contributed by atoms with Crippen LogP contribution >= 0.6 is 69.6 Å². The molecule has 15 aromatic rings. The number of alkyl halides is 6. The Balaban J connectivity index is 0.000000155. The van der Waals surface area contributed by atoms with Crippen LogP contribution < -0.4 is 65.5 Å². The van der Waals surface area contributed by atoms with E-state index in [0.29, 0.717) is 115 Å². The SMILES string of the molecule is COc1ccc(Nc2c3ccccc3nc3ccccc23)cc1NC(=O)Oc1ccc(N(CCCl)CCCl)cc1.Cc1ccc(Nc2c3ccccc3nc3c(C)cccc23)cc1NC(=O)Oc1ccc(N(CCCl)CCCl)cc1.Cc1ccc(Nc2c3ccccc3nc3ccccc23)cc1NC(=O)Oc1ccc(N(CCCl)CCCl)cc1. The standard InChI is InChI=1S/C32H30Cl2N4O2.C31H28Cl2N4O3.C31H28Cl2N4O2/c1-21-10-11-23(35-31-26-7-3-4-9-28(26)36-30-22(2)6-5-8-27(30)31)20-29(21)37-32(39)40-25-14-12-24(13-15-25)38(18-16-33)19-17-34;1-39-29-15-10-21(34-30-24-6-2-4-8-26(24)35-27-9-5-3-7-25(27)30)20-28(29)36-31(38)40-23-13-11-22(12-14-23)37(18-16-32)19-17-33;1-21-10-11-22(34-30-25-6-2-4-8-27(25)35-28-9-5-3-7-26(28)30)20-29(21)36-31(38)39-24-14-12-23(13-15-24)37(18-16-32)19-17-33/h3-15,20H,16-19H2,1-2H3,(H,35,36)(H,37,39);2-15,20H,16-19H2,1H3,(H,34,35)(H,36,38);2-15,20H,16-19H2,1H3,(H,34,35)(H,36,38). The maximum absolute atomic E-state index is 12.8. The lowest BCUT2D eigenvalue weighted by Crippen LogP contribution is -2.27. The third kappa shape index (κ3) is 21.6. The van der Waals surface area contributed by atoms with Gasteiger partial charge in [0.15, 0.2) is 0 Å². The van der Waals surface area contributed by atoms with Gasteiger partial charge in [-0.1, -0.05) is 121 Å². The summed E-state index contributed by atoms with van der Waals surface area (Å²) in [5.41, 5.74) is 18.4. The maximum atomic E-state index is 12.8. The summed E-state index contributed by atoms with van der Waals surface area (Å²) in [6.07, 6.45) is -1.77. The van der Waals surface area contributed by atoms with E-state index >= 15 is 0 Å². The number of benzene rings is 12. The number of hydrogen-bond acceptors (Lipinski definition) is 16. The number of pyridine rings is 3. The third-order valence-corrected chi connectivity index (χ3v) is 20.7. The molecule has 0 radical (unpaired) electrons. The minimum absolute atomic E-state index is 0.404. The Hall–Kier alpha value is -12.2. The van der Waals surface area contributed by atoms with Crippen LogP contribution in [0.1, 0.15) is 16.7 Å². The summed E-state index contributed by atoms with van der Waals surface area (Å²) in [6, 6.07) is 85.3. The van der Waals surface area contributed by atoms with Crippen molar-refractivity contribution in [3.63, 3.8) is 0 Å². The van der Waals surface area contributed by atoms with Crippen molar-refractivity contribution in [2.24, 2.45) is 0 Å². The number of halogens is 6. The van der Waals surface area contributed by atoms with Gasteiger partial charge in [-0.3, -0.25) is 16.0 Å². The van der Waals surface area contributed by atoms with E-state index in [-0.39, 0.29) is 0 Å². The second-order valence-corrected chi connectivity index (χ2v) is 29.8. The van der Waals surface area contributed by atoms with E-state index in [1.165, 1.54) is 0 Å². The Labute approximate surface area is 720 Å². The second kappa shape index (κ2) is 41.3. The molecule has 0 unspecified atom stereocenters. The van der Waals surface area contributed by atoms with E-state index < -0.39 is 18.3 Å². The van der Waals surface area contributed by atoms with Crippen molar-refractivity contribution >= 4 is 222 Å². The summed E-state index contributed by atoms with van der Waals surface area (Å²) in [5, 5.41) is 25.3. The highest BCUT2D eigenvalue weighted by molar-refractivity contribution is 6.20. The Morgan fingerprint density at radius 3 is 0.924 bits per heavy atom. The maximum Gasteiger partial charge on any atom is 0.417 e. The lowest BCUT2D eigenvalue weighted by Gasteiger charge is -2.22. The van der Waals surface area contributed by atoms with Crippen molar-refractivity contribution in [1.82, 2.24) is 15.0 Å². The number of aryl methyl sites for hydroxylation is 3. The number of ether oxygens (including phenoxy) is 4. The van der Waals surface area contributed by atoms with Gasteiger partial charge < -0.3 is 49.6 Å². The van der Waals surface area contributed by atoms with Crippen molar-refractivity contribution in [2.45, 2.75) is 20.8 Å². The molecule has 119 heavy (non-hydrogen) atoms. The smallest absolute Gasteiger partial charge is 0.417 e. The van der Waals surface area contributed by atoms with Gasteiger partial charge in [0.05, 0.1) is 63.0 Å². The molecule has 0 aliphatic heterocycles. The predicted octanol–water partition coefficient (Wildman–Crippen LogP) is 25.0. The zero-order chi connectivity index (χ0) is 83.2. The predicted molar refractivity (Wildman–Crippen MR) is 497 cm³/mol. The fraction of sp³-hybridized carbons (Fsp3) is 0.170. The van der Waals surface area contributed by atoms with Gasteiger partial charge in [-0.25, -0.2) is 29.3 Å². The first-order chi connectivity index (χ1) is 58.1. The average molecular weight is 1710 g/mol. The van der Waals surface area contributed by atoms with Crippen molar-refractivity contribution in [3.05, 3.63) is 284 Å². The van der Waals surface area contributed by atoms with Crippen LogP contribution in [0.5, 0.6) is 23.0 Å². The fourth-order valence-electron chi connectivity index (χ4n) is 13.8. The van der Waals surface area contributed by atoms with Gasteiger partial charge in [0, 0.05) is 152 Å². The highest BCUT2D eigenvalue weighted by Crippen LogP contribution is 2.40. The van der Waals surface area contributed by atoms with Gasteiger partial charge >= 0.3 is 18.3 Å². The summed E-state index contributed by atoms with van der Waals surface area (Å²) < 4.78 is 22.2. The number of para-hydroxylation sites is 6. The van der Waals surface area contributed by atoms with Crippen LogP contribution in [0.4, 0.5) is 82.6 Å². The van der Waals surface area contributed by atoms with Gasteiger partial charge in [-0.05, 0) is 183 Å². The molecule has 3 heterocycles. The molecule has 3 aromatic heterocycles. The normalized spacial score (nSPS) is 10.9. The number of methoxy groups -OCH3 is 1. The summed E-state index contributed by atoms with van der Waals surface area (Å²) in [7, 11) is 1.55. The molecule has 25 heteroatoms. The van der Waals surface area contributed by atoms with Gasteiger partial charge in [-0.15, -0.1) is 69.6 Å². The molecule has 0 aliphatic carbocycles. The first-order valence-corrected chi connectivity index (χ1v) is 41.7. The Morgan fingerprint density at radius 2 is 0.597 bits per heavy atom. The monoisotopic (exact) mass is 1700 g/mol. The number of hydrogen-bond donors (Lipinski definition) is 6. The summed E-state index contributed by atoms with van der Waals surface area (Å²) in [4.78, 5) is 59.1. The number of rotatable bonds is 28. The Morgan fingerprint density at radius 1 is 0.311 bits per heavy atom. The van der Waals surface area contributed by atoms with Crippen LogP contribution in [-0.2, 0) is 0 Å². The van der Waals surface area contributed by atoms with Crippen molar-refractivity contribution in [2.75, 3.05) is 128 Å². The van der Waals surface area contributed by atoms with E-state index in [9.17, 15) is 14.4 Å². The lowest BCUT2D eigenvalue weighted by molar-refractivity contribution is 0.214. The van der Waals surface area contributed by atoms with Crippen LogP contribution in [0.15, 0.2) is 267 Å². The lowest BCUT2D eigenvalue weighted by atomic mass is 10.0. The summed E-state index contributed by atoms with van der Waals surface area (Å²) in [6.45, 7) is 10.0. The minimum Gasteiger partial charge on any atom is -0.495 e. The Bertz CT molecular complexity index is 5930. The topological polar surface area (TPSA) is 209 Å². The van der Waals surface area contributed by atoms with Crippen LogP contribution in [0, 0.1) is 20.8 Å². The first-order valence-electron chi connectivity index (χ1n) is 38.5. The molecule has 0 atom stereocenters. The third-order valence-electron chi connectivity index (χ3n) is 19.6. The number of aromatic nitrogens is 3. The highest BCUT2D eigenvalue weighted by atomic mass is 35.5. The number of amides is 3. The van der Waals surface area contributed by atoms with Gasteiger partial charge in [0.1, 0.15) is 23.0 Å². The average Bonchev–Trinajstić information content (AvgIpc) is 0.786. The highest BCUT2D eigenvalue weighted by Gasteiger charge is 2.20. The molecule has 0 saturated carbocycles. The summed E-state index contributed by atoms with van der Waals surface area (Å²) >= 11 is 35.5. The fourth-order valence-corrected chi connectivity index (χ4v) is 15.0. The van der Waals surface area contributed by atoms with E-state index in [4.69, 9.17) is 104 Å². The van der Waals surface area contributed by atoms with Crippen LogP contribution in [0.3, 0.4) is 0 Å². The molecule has 19 nitrogen and oxygen atoms in total. The van der Waals surface area contributed by atoms with E-state index in [2.05, 4.69) is 83.9 Å². The molecule has 0 saturated heterocycles. The van der Waals surface area contributed by atoms with Crippen LogP contribution in [0.2, 0.25) is 0 Å². The molecule has 0 spiro atoms. The number of anilines is 12. The number of carbonyl (C=O) groups excluding carboxylic acids is 3. The molecule has 0 fully saturated rings. The molecule has 3 amide bonds. The van der Waals surface area contributed by atoms with Crippen LogP contribution in [-0.4, -0.2) is 115 Å². The van der Waals surface area contributed by atoms with Crippen LogP contribution in [0.25, 0.3) is 65.4 Å². The molecule has 606 valence electrons. The second-order valence-electron chi connectivity index (χ2n) is 27.5. The van der Waals surface area contributed by atoms with Crippen molar-refractivity contribution in [1.29, 1.82) is 0 Å². The quantitative estimate of drug-likeness (QED) is 0.0199. The molecule has 12 aromatic carbocycles. The molecule has 0 aliphatic rings. The minimum atomic E-state index is -0.638. The summed E-state index contributed by atoms with van der Waals surface area (Å²) in [5.74, 6) is 4.75. The molecule has 15 rings (SSSR count). The molecule has 0 bridgehead atoms. The molecular formula is C94H86Cl6N12O7. The van der Waals surface area contributed by atoms with E-state index in [1.807, 2.05) is 208 Å². The molecular weight excluding hydrogens is 1620 g/mol. The zero-order valence-corrected chi connectivity index (χ0v) is 70.2. The molecule has 6 N–H and O–H groups in total. The van der Waals surface area contributed by atoms with Gasteiger partial charge in [0.25, 0.3) is 0 Å². The van der Waals surface area contributed by atoms with Gasteiger partial charge in [-0.2, -0.15) is 0 Å². The largest absolute Gasteiger partial charge is 0.495 e. The first kappa shape index (κ1) is 84.7. The number of nitrogens with one attached hydrogen (secondary N) is 6. The van der Waals surface area contributed by atoms with E-state index in [0.717, 1.165) is 133 Å². The Kier molecular flexibility index (Phi) is 29.4. The van der Waals surface area contributed by atoms with E-state index in [1.54, 1.807) is 49.6 Å². The number of nitrogens with zero attached hydrogens (tertiary/aromatic N) is 6. The zero-order valence-electron chi connectivity index (χ0n) is 65.7. The van der Waals surface area contributed by atoms with Crippen molar-refractivity contribution < 1.29 is 33.3 Å².